The predicted octanol–water partition coefficient (Wildman–Crippen LogP) is 2.96. The Kier molecular flexibility index (Phi) is 8.38. The van der Waals surface area contributed by atoms with Gasteiger partial charge in [-0.05, 0) is 46.5 Å². The average Bonchev–Trinajstić information content (AvgIpc) is 3.05. The third kappa shape index (κ3) is 6.02. The molecule has 1 N–H and O–H groups in total. The maximum atomic E-state index is 9.45. The van der Waals surface area contributed by atoms with Gasteiger partial charge >= 0.3 is 0 Å². The smallest absolute Gasteiger partial charge is 0.293 e. The van der Waals surface area contributed by atoms with Gasteiger partial charge in [-0.15, -0.1) is 0 Å². The number of rotatable bonds is 6. The fourth-order valence-electron chi connectivity index (χ4n) is 3.01. The number of aryl methyl sites for hydroxylation is 2. The van der Waals surface area contributed by atoms with E-state index in [2.05, 4.69) is 19.8 Å². The van der Waals surface area contributed by atoms with Gasteiger partial charge in [0.1, 0.15) is 0 Å². The molecule has 1 aliphatic carbocycles. The predicted molar refractivity (Wildman–Crippen MR) is 105 cm³/mol. The second-order valence-corrected chi connectivity index (χ2v) is 7.09. The molecule has 1 aliphatic rings. The summed E-state index contributed by atoms with van der Waals surface area (Å²) in [4.78, 5) is 18.3. The van der Waals surface area contributed by atoms with Crippen LogP contribution in [0.2, 0.25) is 0 Å². The Morgan fingerprint density at radius 3 is 2.54 bits per heavy atom. The van der Waals surface area contributed by atoms with E-state index in [1.165, 1.54) is 19.3 Å². The molecule has 2 heterocycles. The van der Waals surface area contributed by atoms with Crippen molar-refractivity contribution < 1.29 is 19.4 Å². The molecule has 0 atom stereocenters. The molecular weight excluding hydrogens is 360 g/mol. The van der Waals surface area contributed by atoms with Crippen LogP contribution in [0, 0.1) is 6.92 Å². The number of aliphatic hydroxyl groups is 1. The lowest BCUT2D eigenvalue weighted by molar-refractivity contribution is -0.131. The number of aromatic nitrogens is 4. The molecule has 0 spiro atoms. The number of hydrogen-bond acceptors (Lipinski definition) is 7. The Morgan fingerprint density at radius 1 is 1.29 bits per heavy atom. The van der Waals surface area contributed by atoms with Crippen LogP contribution in [0.3, 0.4) is 0 Å². The van der Waals surface area contributed by atoms with Gasteiger partial charge in [0.25, 0.3) is 6.47 Å². The summed E-state index contributed by atoms with van der Waals surface area (Å²) in [5, 5.41) is 13.6. The second kappa shape index (κ2) is 10.8. The van der Waals surface area contributed by atoms with Gasteiger partial charge in [0.15, 0.2) is 11.6 Å². The number of carbonyl (C=O) groups is 1. The van der Waals surface area contributed by atoms with Gasteiger partial charge in [-0.1, -0.05) is 6.42 Å². The zero-order valence-corrected chi connectivity index (χ0v) is 17.1. The topological polar surface area (TPSA) is 99.4 Å². The molecule has 1 fully saturated rings. The van der Waals surface area contributed by atoms with Crippen molar-refractivity contribution in [3.05, 3.63) is 23.8 Å². The molecule has 0 unspecified atom stereocenters. The summed E-state index contributed by atoms with van der Waals surface area (Å²) in [5.74, 6) is 1.33. The maximum Gasteiger partial charge on any atom is 0.293 e. The van der Waals surface area contributed by atoms with Crippen molar-refractivity contribution in [2.75, 3.05) is 0 Å². The average molecular weight is 390 g/mol. The quantitative estimate of drug-likeness (QED) is 0.757. The van der Waals surface area contributed by atoms with Gasteiger partial charge in [-0.25, -0.2) is 9.97 Å². The molecule has 1 saturated carbocycles. The summed E-state index contributed by atoms with van der Waals surface area (Å²) >= 11 is 0. The maximum absolute atomic E-state index is 9.45. The van der Waals surface area contributed by atoms with E-state index in [1.807, 2.05) is 6.92 Å². The molecule has 0 bridgehead atoms. The van der Waals surface area contributed by atoms with Gasteiger partial charge in [0.2, 0.25) is 0 Å². The van der Waals surface area contributed by atoms with Crippen LogP contribution in [0.1, 0.15) is 57.3 Å². The zero-order chi connectivity index (χ0) is 20.5. The van der Waals surface area contributed by atoms with Crippen molar-refractivity contribution in [3.8, 4) is 17.1 Å². The number of ether oxygens (including phenoxy) is 2. The molecule has 8 heteroatoms. The molecule has 0 saturated heterocycles. The number of carbonyl (C=O) groups excluding carboxylic acids is 1. The van der Waals surface area contributed by atoms with Crippen LogP contribution >= 0.6 is 0 Å². The van der Waals surface area contributed by atoms with Crippen LogP contribution in [-0.2, 0) is 23.2 Å². The van der Waals surface area contributed by atoms with Crippen LogP contribution < -0.4 is 4.74 Å². The van der Waals surface area contributed by atoms with Crippen molar-refractivity contribution >= 4 is 6.47 Å². The Balaban J connectivity index is 0.000000409. The summed E-state index contributed by atoms with van der Waals surface area (Å²) in [6.45, 7) is 5.89. The minimum Gasteiger partial charge on any atom is -0.487 e. The van der Waals surface area contributed by atoms with Crippen molar-refractivity contribution in [2.45, 2.75) is 71.7 Å². The first kappa shape index (κ1) is 21.8. The van der Waals surface area contributed by atoms with E-state index in [-0.39, 0.29) is 18.8 Å². The first-order valence-electron chi connectivity index (χ1n) is 9.67. The molecule has 0 aromatic carbocycles. The van der Waals surface area contributed by atoms with Crippen molar-refractivity contribution in [3.63, 3.8) is 0 Å². The van der Waals surface area contributed by atoms with E-state index in [9.17, 15) is 9.90 Å². The molecule has 8 nitrogen and oxygen atoms in total. The van der Waals surface area contributed by atoms with Gasteiger partial charge in [-0.3, -0.25) is 9.48 Å². The van der Waals surface area contributed by atoms with Crippen molar-refractivity contribution in [2.24, 2.45) is 7.05 Å². The van der Waals surface area contributed by atoms with Gasteiger partial charge in [0, 0.05) is 7.05 Å². The molecule has 2 aromatic heterocycles. The van der Waals surface area contributed by atoms with Crippen LogP contribution in [0.4, 0.5) is 0 Å². The molecule has 0 aliphatic heterocycles. The lowest BCUT2D eigenvalue weighted by atomic mass is 9.98. The van der Waals surface area contributed by atoms with Gasteiger partial charge in [0.05, 0.1) is 48.2 Å². The highest BCUT2D eigenvalue weighted by atomic mass is 16.5. The molecule has 3 rings (SSSR count). The van der Waals surface area contributed by atoms with Crippen molar-refractivity contribution in [1.82, 2.24) is 19.7 Å². The lowest BCUT2D eigenvalue weighted by Gasteiger charge is -2.23. The zero-order valence-electron chi connectivity index (χ0n) is 17.1. The number of aliphatic hydroxyl groups excluding tert-OH is 1. The van der Waals surface area contributed by atoms with Crippen LogP contribution in [-0.4, -0.2) is 43.5 Å². The first-order valence-corrected chi connectivity index (χ1v) is 9.67. The van der Waals surface area contributed by atoms with E-state index in [1.54, 1.807) is 38.0 Å². The monoisotopic (exact) mass is 390 g/mol. The van der Waals surface area contributed by atoms with E-state index < -0.39 is 0 Å². The fourth-order valence-corrected chi connectivity index (χ4v) is 3.01. The molecule has 28 heavy (non-hydrogen) atoms. The summed E-state index contributed by atoms with van der Waals surface area (Å²) in [6.07, 6.45) is 9.73. The normalized spacial score (nSPS) is 14.4. The van der Waals surface area contributed by atoms with Gasteiger partial charge < -0.3 is 14.6 Å². The highest BCUT2D eigenvalue weighted by Crippen LogP contribution is 2.27. The summed E-state index contributed by atoms with van der Waals surface area (Å²) in [7, 11) is 1.79. The highest BCUT2D eigenvalue weighted by molar-refractivity contribution is 5.57. The minimum atomic E-state index is -0.0887. The summed E-state index contributed by atoms with van der Waals surface area (Å²) in [5.41, 5.74) is 2.29. The molecule has 0 amide bonds. The Morgan fingerprint density at radius 2 is 2.00 bits per heavy atom. The molecule has 154 valence electrons. The summed E-state index contributed by atoms with van der Waals surface area (Å²) in [6, 6.07) is 0. The third-order valence-corrected chi connectivity index (χ3v) is 4.56. The highest BCUT2D eigenvalue weighted by Gasteiger charge is 2.18. The van der Waals surface area contributed by atoms with Crippen LogP contribution in [0.5, 0.6) is 5.75 Å². The SMILES string of the molecule is CC(C)OC=O.Cc1nc(-c2cnn(C)c2CO)ncc1OC1CCCCC1. The fraction of sp³-hybridized carbons (Fsp3) is 0.600. The van der Waals surface area contributed by atoms with E-state index in [0.717, 1.165) is 29.8 Å². The van der Waals surface area contributed by atoms with Crippen LogP contribution in [0.25, 0.3) is 11.4 Å². The van der Waals surface area contributed by atoms with Crippen LogP contribution in [0.15, 0.2) is 12.4 Å². The Hall–Kier alpha value is -2.48. The number of hydrogen-bond donors (Lipinski definition) is 1. The first-order chi connectivity index (χ1) is 13.5. The number of nitrogens with zero attached hydrogens (tertiary/aromatic N) is 4. The van der Waals surface area contributed by atoms with Gasteiger partial charge in [-0.2, -0.15) is 5.10 Å². The standard InChI is InChI=1S/C16H22N4O2.C4H8O2/c1-11-15(22-12-6-4-3-5-7-12)9-17-16(19-11)13-8-18-20(2)14(13)10-21;1-4(2)6-3-5/h8-9,12,21H,3-7,10H2,1-2H3;3-4H,1-2H3. The molecule has 0 radical (unpaired) electrons. The minimum absolute atomic E-state index is 0.0301. The Labute approximate surface area is 165 Å². The molecule has 2 aromatic rings. The Bertz CT molecular complexity index is 755. The summed E-state index contributed by atoms with van der Waals surface area (Å²) < 4.78 is 12.0. The van der Waals surface area contributed by atoms with E-state index in [0.29, 0.717) is 18.0 Å². The van der Waals surface area contributed by atoms with Crippen molar-refractivity contribution in [1.29, 1.82) is 0 Å². The lowest BCUT2D eigenvalue weighted by Crippen LogP contribution is -2.20. The molecular formula is C20H30N4O4. The third-order valence-electron chi connectivity index (χ3n) is 4.56. The van der Waals surface area contributed by atoms with E-state index in [4.69, 9.17) is 4.74 Å². The van der Waals surface area contributed by atoms with E-state index >= 15 is 0 Å². The largest absolute Gasteiger partial charge is 0.487 e. The second-order valence-electron chi connectivity index (χ2n) is 7.09.